The van der Waals surface area contributed by atoms with Crippen LogP contribution in [-0.4, -0.2) is 24.2 Å². The van der Waals surface area contributed by atoms with Crippen molar-refractivity contribution in [2.24, 2.45) is 0 Å². The molecule has 8 atom stereocenters. The number of fused-ring (bicyclic) bond motifs is 20. The Morgan fingerprint density at radius 1 is 0.211 bits per heavy atom. The molecule has 0 saturated heterocycles. The lowest BCUT2D eigenvalue weighted by atomic mass is 9.80. The molecule has 8 aromatic rings. The number of hydrogen-bond acceptors (Lipinski definition) is 4. The van der Waals surface area contributed by atoms with Gasteiger partial charge in [0.25, 0.3) is 0 Å². The molecule has 0 amide bonds. The molecule has 4 heteroatoms. The molecule has 0 aromatic heterocycles. The maximum atomic E-state index is 2.59. The summed E-state index contributed by atoms with van der Waals surface area (Å²) in [7, 11) is 0. The summed E-state index contributed by atoms with van der Waals surface area (Å²) in [4.78, 5) is 10.4. The Balaban J connectivity index is 0.927. The molecule has 0 radical (unpaired) electrons. The fourth-order valence-corrected chi connectivity index (χ4v) is 14.9. The zero-order valence-electron chi connectivity index (χ0n) is 41.8. The van der Waals surface area contributed by atoms with Gasteiger partial charge in [-0.3, -0.25) is 0 Å². The Kier molecular flexibility index (Phi) is 9.00. The van der Waals surface area contributed by atoms with Gasteiger partial charge in [-0.2, -0.15) is 0 Å². The average molecular weight is 973 g/mol. The average Bonchev–Trinajstić information content (AvgIpc) is 4.22. The number of para-hydroxylation sites is 4. The Hall–Kier alpha value is -9.12. The number of anilines is 8. The highest BCUT2D eigenvalue weighted by Crippen LogP contribution is 2.58. The molecule has 76 heavy (non-hydrogen) atoms. The highest BCUT2D eigenvalue weighted by atomic mass is 15.2. The predicted molar refractivity (Wildman–Crippen MR) is 315 cm³/mol. The third-order valence-corrected chi connectivity index (χ3v) is 18.1. The molecule has 4 aliphatic heterocycles. The van der Waals surface area contributed by atoms with Gasteiger partial charge in [-0.15, -0.1) is 0 Å². The van der Waals surface area contributed by atoms with E-state index in [0.29, 0.717) is 0 Å². The van der Waals surface area contributed by atoms with Gasteiger partial charge in [0.15, 0.2) is 0 Å². The summed E-state index contributed by atoms with van der Waals surface area (Å²) in [6.07, 6.45) is 36.9. The number of allylic oxidation sites excluding steroid dienone is 8. The van der Waals surface area contributed by atoms with Crippen molar-refractivity contribution in [3.8, 4) is 44.5 Å². The summed E-state index contributed by atoms with van der Waals surface area (Å²) in [5.74, 6) is 1.13. The number of benzene rings is 8. The largest absolute Gasteiger partial charge is 0.333 e. The van der Waals surface area contributed by atoms with Crippen LogP contribution in [0.25, 0.3) is 44.5 Å². The maximum absolute atomic E-state index is 2.59. The summed E-state index contributed by atoms with van der Waals surface area (Å²) in [5.41, 5.74) is 25.3. The van der Waals surface area contributed by atoms with Crippen molar-refractivity contribution in [3.05, 3.63) is 289 Å². The second-order valence-electron chi connectivity index (χ2n) is 21.8. The first kappa shape index (κ1) is 42.3. The SMILES string of the molecule is C1=CC2c3ccccc3N(c3ccc4c(c3)-c3cc(N5c6ccccc6C6C=CC=CC65)ccc3-c3ccc(N5c6ccccc6C6C=CC=CC65)cc3-c3cc(N5c6ccccc6C6C=CC=CC65)ccc3-4)C2C=C1. The van der Waals surface area contributed by atoms with Gasteiger partial charge in [0.2, 0.25) is 0 Å². The molecule has 0 saturated carbocycles. The van der Waals surface area contributed by atoms with Gasteiger partial charge in [0, 0.05) is 69.2 Å². The van der Waals surface area contributed by atoms with Crippen LogP contribution in [0.3, 0.4) is 0 Å². The van der Waals surface area contributed by atoms with Gasteiger partial charge in [-0.05, 0) is 140 Å². The molecule has 4 heterocycles. The molecule has 9 aliphatic rings. The molecule has 8 unspecified atom stereocenters. The molecule has 4 nitrogen and oxygen atoms in total. The number of nitrogens with zero attached hydrogens (tertiary/aromatic N) is 4. The fraction of sp³-hybridized carbons (Fsp3) is 0.111. The minimum atomic E-state index is 0.179. The van der Waals surface area contributed by atoms with Crippen LogP contribution < -0.4 is 19.6 Å². The van der Waals surface area contributed by atoms with E-state index in [1.807, 2.05) is 0 Å². The van der Waals surface area contributed by atoms with E-state index in [1.54, 1.807) is 0 Å². The van der Waals surface area contributed by atoms with Gasteiger partial charge in [0.05, 0.1) is 24.2 Å². The number of rotatable bonds is 4. The Morgan fingerprint density at radius 3 is 0.684 bits per heavy atom. The van der Waals surface area contributed by atoms with Crippen molar-refractivity contribution in [2.45, 2.75) is 47.8 Å². The molecular weight excluding hydrogens is 921 g/mol. The lowest BCUT2D eigenvalue weighted by molar-refractivity contribution is 0.744. The molecule has 5 aliphatic carbocycles. The normalized spacial score (nSPS) is 24.3. The second kappa shape index (κ2) is 16.2. The molecule has 0 spiro atoms. The van der Waals surface area contributed by atoms with Gasteiger partial charge >= 0.3 is 0 Å². The highest BCUT2D eigenvalue weighted by Gasteiger charge is 2.42. The third kappa shape index (κ3) is 5.95. The Labute approximate surface area is 444 Å². The zero-order chi connectivity index (χ0) is 49.6. The van der Waals surface area contributed by atoms with Crippen molar-refractivity contribution in [1.29, 1.82) is 0 Å². The predicted octanol–water partition coefficient (Wildman–Crippen LogP) is 17.6. The second-order valence-corrected chi connectivity index (χ2v) is 21.8. The van der Waals surface area contributed by atoms with E-state index in [-0.39, 0.29) is 47.8 Å². The molecule has 0 N–H and O–H groups in total. The van der Waals surface area contributed by atoms with Crippen LogP contribution in [-0.2, 0) is 0 Å². The maximum Gasteiger partial charge on any atom is 0.0629 e. The van der Waals surface area contributed by atoms with Crippen molar-refractivity contribution < 1.29 is 0 Å². The van der Waals surface area contributed by atoms with Crippen LogP contribution >= 0.6 is 0 Å². The standard InChI is InChI=1S/C72H52N4/c1-9-25-65-53(17-1)54-18-2-10-26-66(54)73(65)45-33-37-49-50-38-34-47(75-69-29-13-5-21-57(69)58-22-6-14-30-70(58)75)43-63(50)64-44-48(76-71-31-15-7-23-59(71)60-24-8-16-32-72(60)76)36-40-52(64)51-39-35-46(42-62(51)61(49)41-45)74-67-27-11-3-19-55(67)56-20-4-12-28-68(56)74/h1-44,53,55,57,59,65,67,69,71H. The molecule has 360 valence electrons. The van der Waals surface area contributed by atoms with Crippen LogP contribution in [0.2, 0.25) is 0 Å². The van der Waals surface area contributed by atoms with E-state index < -0.39 is 0 Å². The van der Waals surface area contributed by atoms with Gasteiger partial charge in [-0.25, -0.2) is 0 Å². The highest BCUT2D eigenvalue weighted by molar-refractivity contribution is 6.06. The Bertz CT molecular complexity index is 3540. The van der Waals surface area contributed by atoms with Crippen LogP contribution in [0.15, 0.2) is 267 Å². The topological polar surface area (TPSA) is 13.0 Å². The zero-order valence-corrected chi connectivity index (χ0v) is 41.8. The van der Waals surface area contributed by atoms with E-state index in [0.717, 1.165) is 0 Å². The van der Waals surface area contributed by atoms with Crippen LogP contribution in [0.4, 0.5) is 45.5 Å². The lowest BCUT2D eigenvalue weighted by Crippen LogP contribution is -2.29. The lowest BCUT2D eigenvalue weighted by Gasteiger charge is -2.33. The summed E-state index contributed by atoms with van der Waals surface area (Å²) in [5, 5.41) is 0. The molecule has 0 bridgehead atoms. The molecule has 17 rings (SSSR count). The minimum Gasteiger partial charge on any atom is -0.333 e. The first-order valence-electron chi connectivity index (χ1n) is 27.2. The van der Waals surface area contributed by atoms with Crippen molar-refractivity contribution in [2.75, 3.05) is 19.6 Å². The van der Waals surface area contributed by atoms with E-state index in [4.69, 9.17) is 0 Å². The van der Waals surface area contributed by atoms with E-state index in [9.17, 15) is 0 Å². The summed E-state index contributed by atoms with van der Waals surface area (Å²) < 4.78 is 0. The van der Waals surface area contributed by atoms with Gasteiger partial charge in [-0.1, -0.05) is 194 Å². The monoisotopic (exact) mass is 972 g/mol. The quantitative estimate of drug-likeness (QED) is 0.174. The van der Waals surface area contributed by atoms with Crippen LogP contribution in [0.1, 0.15) is 45.9 Å². The first-order chi connectivity index (χ1) is 37.7. The third-order valence-electron chi connectivity index (χ3n) is 18.1. The summed E-state index contributed by atoms with van der Waals surface area (Å²) >= 11 is 0. The Morgan fingerprint density at radius 2 is 0.434 bits per heavy atom. The van der Waals surface area contributed by atoms with E-state index in [2.05, 4.69) is 287 Å². The van der Waals surface area contributed by atoms with Crippen molar-refractivity contribution in [3.63, 3.8) is 0 Å². The number of hydrogen-bond donors (Lipinski definition) is 0. The van der Waals surface area contributed by atoms with Crippen LogP contribution in [0.5, 0.6) is 0 Å². The summed E-state index contributed by atoms with van der Waals surface area (Å²) in [6, 6.07) is 66.3. The smallest absolute Gasteiger partial charge is 0.0629 e. The van der Waals surface area contributed by atoms with Crippen molar-refractivity contribution >= 4 is 45.5 Å². The van der Waals surface area contributed by atoms with E-state index in [1.165, 1.54) is 112 Å². The van der Waals surface area contributed by atoms with E-state index >= 15 is 0 Å². The molecular formula is C72H52N4. The van der Waals surface area contributed by atoms with Crippen LogP contribution in [0, 0.1) is 0 Å². The minimum absolute atomic E-state index is 0.179. The van der Waals surface area contributed by atoms with Gasteiger partial charge in [0.1, 0.15) is 0 Å². The fourth-order valence-electron chi connectivity index (χ4n) is 14.9. The van der Waals surface area contributed by atoms with Crippen molar-refractivity contribution in [1.82, 2.24) is 0 Å². The first-order valence-corrected chi connectivity index (χ1v) is 27.2. The van der Waals surface area contributed by atoms with Gasteiger partial charge < -0.3 is 19.6 Å². The molecule has 0 fully saturated rings. The molecule has 8 aromatic carbocycles. The summed E-state index contributed by atoms with van der Waals surface area (Å²) in [6.45, 7) is 0.